The normalized spacial score (nSPS) is 12.7. The van der Waals surface area contributed by atoms with Gasteiger partial charge in [-0.15, -0.1) is 24.0 Å². The molecule has 0 aliphatic heterocycles. The number of unbranched alkanes of at least 4 members (excludes halogenated alkanes) is 3. The molecule has 0 aromatic carbocycles. The topological polar surface area (TPSA) is 82.6 Å². The molecule has 0 radical (unpaired) electrons. The van der Waals surface area contributed by atoms with Gasteiger partial charge in [-0.1, -0.05) is 26.2 Å². The maximum Gasteiger partial charge on any atom is 0.209 e. The largest absolute Gasteiger partial charge is 0.356 e. The van der Waals surface area contributed by atoms with Crippen LogP contribution in [0.5, 0.6) is 0 Å². The van der Waals surface area contributed by atoms with E-state index in [-0.39, 0.29) is 24.0 Å². The van der Waals surface area contributed by atoms with Crippen LogP contribution in [-0.2, 0) is 10.0 Å². The minimum Gasteiger partial charge on any atom is -0.356 e. The van der Waals surface area contributed by atoms with Crippen LogP contribution in [0.1, 0.15) is 46.5 Å². The number of hydrogen-bond donors (Lipinski definition) is 3. The minimum absolute atomic E-state index is 0. The molecule has 0 saturated heterocycles. The van der Waals surface area contributed by atoms with Crippen molar-refractivity contribution in [2.24, 2.45) is 4.99 Å². The fraction of sp³-hybridized carbons (Fsp3) is 0.923. The summed E-state index contributed by atoms with van der Waals surface area (Å²) in [6, 6.07) is 0. The summed E-state index contributed by atoms with van der Waals surface area (Å²) in [6.07, 6.45) is 5.95. The van der Waals surface area contributed by atoms with Gasteiger partial charge in [-0.2, -0.15) is 0 Å². The Labute approximate surface area is 147 Å². The predicted molar refractivity (Wildman–Crippen MR) is 101 cm³/mol. The first kappa shape index (κ1) is 23.2. The lowest BCUT2D eigenvalue weighted by Gasteiger charge is -2.26. The van der Waals surface area contributed by atoms with Crippen LogP contribution in [0.25, 0.3) is 0 Å². The van der Waals surface area contributed by atoms with Gasteiger partial charge in [0.2, 0.25) is 10.0 Å². The van der Waals surface area contributed by atoms with Gasteiger partial charge in [0.05, 0.1) is 6.26 Å². The second kappa shape index (κ2) is 11.5. The van der Waals surface area contributed by atoms with E-state index >= 15 is 0 Å². The average molecular weight is 434 g/mol. The van der Waals surface area contributed by atoms with Crippen molar-refractivity contribution in [3.63, 3.8) is 0 Å². The molecule has 6 nitrogen and oxygen atoms in total. The van der Waals surface area contributed by atoms with Crippen molar-refractivity contribution in [1.82, 2.24) is 15.4 Å². The molecule has 0 fully saturated rings. The van der Waals surface area contributed by atoms with Crippen molar-refractivity contribution in [3.8, 4) is 0 Å². The Morgan fingerprint density at radius 1 is 1.14 bits per heavy atom. The third-order valence-corrected chi connectivity index (χ3v) is 3.63. The molecule has 0 unspecified atom stereocenters. The molecular weight excluding hydrogens is 403 g/mol. The number of rotatable bonds is 9. The molecule has 3 N–H and O–H groups in total. The van der Waals surface area contributed by atoms with E-state index in [2.05, 4.69) is 27.3 Å². The van der Waals surface area contributed by atoms with Crippen LogP contribution >= 0.6 is 24.0 Å². The fourth-order valence-corrected chi connectivity index (χ4v) is 2.90. The van der Waals surface area contributed by atoms with Gasteiger partial charge < -0.3 is 10.6 Å². The van der Waals surface area contributed by atoms with Crippen molar-refractivity contribution in [3.05, 3.63) is 0 Å². The van der Waals surface area contributed by atoms with Crippen molar-refractivity contribution in [2.75, 3.05) is 26.4 Å². The minimum atomic E-state index is -3.21. The number of halogens is 1. The zero-order valence-electron chi connectivity index (χ0n) is 13.8. The zero-order chi connectivity index (χ0) is 15.6. The zero-order valence-corrected chi connectivity index (χ0v) is 17.0. The van der Waals surface area contributed by atoms with Crippen molar-refractivity contribution < 1.29 is 8.42 Å². The monoisotopic (exact) mass is 434 g/mol. The Morgan fingerprint density at radius 2 is 1.76 bits per heavy atom. The number of nitrogens with zero attached hydrogens (tertiary/aromatic N) is 1. The molecule has 0 amide bonds. The third kappa shape index (κ3) is 14.6. The van der Waals surface area contributed by atoms with Crippen LogP contribution in [0, 0.1) is 0 Å². The van der Waals surface area contributed by atoms with Gasteiger partial charge in [0.1, 0.15) is 0 Å². The summed E-state index contributed by atoms with van der Waals surface area (Å²) in [4.78, 5) is 4.12. The van der Waals surface area contributed by atoms with Crippen LogP contribution in [0.15, 0.2) is 4.99 Å². The van der Waals surface area contributed by atoms with Crippen LogP contribution in [0.4, 0.5) is 0 Å². The van der Waals surface area contributed by atoms with Gasteiger partial charge in [-0.25, -0.2) is 13.1 Å². The Hall–Kier alpha value is -0.0900. The summed E-state index contributed by atoms with van der Waals surface area (Å²) in [6.45, 7) is 7.18. The highest BCUT2D eigenvalue weighted by molar-refractivity contribution is 14.0. The number of guanidine groups is 1. The van der Waals surface area contributed by atoms with E-state index in [9.17, 15) is 8.42 Å². The molecular formula is C13H31IN4O2S. The van der Waals surface area contributed by atoms with Gasteiger partial charge in [0.25, 0.3) is 0 Å². The smallest absolute Gasteiger partial charge is 0.209 e. The first-order chi connectivity index (χ1) is 9.20. The van der Waals surface area contributed by atoms with Crippen LogP contribution < -0.4 is 15.4 Å². The summed E-state index contributed by atoms with van der Waals surface area (Å²) in [5.41, 5.74) is -0.562. The molecule has 0 heterocycles. The number of nitrogens with one attached hydrogen (secondary N) is 3. The fourth-order valence-electron chi connectivity index (χ4n) is 1.82. The number of hydrogen-bond acceptors (Lipinski definition) is 3. The number of aliphatic imine (C=N–C) groups is 1. The summed E-state index contributed by atoms with van der Waals surface area (Å²) >= 11 is 0. The molecule has 0 rings (SSSR count). The standard InChI is InChI=1S/C13H30N4O2S.HI/c1-6-7-8-9-10-15-12(14-4)16-11-13(2,3)17-20(5,18)19;/h17H,6-11H2,1-5H3,(H2,14,15,16);1H. The lowest BCUT2D eigenvalue weighted by Crippen LogP contribution is -2.53. The van der Waals surface area contributed by atoms with Gasteiger partial charge in [0, 0.05) is 25.7 Å². The molecule has 0 aliphatic carbocycles. The highest BCUT2D eigenvalue weighted by Crippen LogP contribution is 2.01. The molecule has 0 aromatic rings. The van der Waals surface area contributed by atoms with E-state index in [1.807, 2.05) is 13.8 Å². The predicted octanol–water partition coefficient (Wildman–Crippen LogP) is 1.68. The summed E-state index contributed by atoms with van der Waals surface area (Å²) < 4.78 is 25.1. The quantitative estimate of drug-likeness (QED) is 0.223. The molecule has 8 heteroatoms. The van der Waals surface area contributed by atoms with E-state index < -0.39 is 15.6 Å². The molecule has 0 bridgehead atoms. The summed E-state index contributed by atoms with van der Waals surface area (Å²) in [5, 5.41) is 6.36. The van der Waals surface area contributed by atoms with E-state index in [0.717, 1.165) is 19.2 Å². The van der Waals surface area contributed by atoms with Crippen molar-refractivity contribution >= 4 is 40.0 Å². The van der Waals surface area contributed by atoms with Crippen LogP contribution in [0.3, 0.4) is 0 Å². The molecule has 0 saturated carbocycles. The summed E-state index contributed by atoms with van der Waals surface area (Å²) in [7, 11) is -1.51. The Bertz CT molecular complexity index is 397. The Balaban J connectivity index is 0. The van der Waals surface area contributed by atoms with E-state index in [4.69, 9.17) is 0 Å². The van der Waals surface area contributed by atoms with E-state index in [1.165, 1.54) is 19.3 Å². The highest BCUT2D eigenvalue weighted by atomic mass is 127. The first-order valence-electron chi connectivity index (χ1n) is 7.13. The first-order valence-corrected chi connectivity index (χ1v) is 9.03. The molecule has 0 spiro atoms. The van der Waals surface area contributed by atoms with Crippen molar-refractivity contribution in [2.45, 2.75) is 52.0 Å². The van der Waals surface area contributed by atoms with Crippen LogP contribution in [-0.4, -0.2) is 46.3 Å². The Kier molecular flexibility index (Phi) is 12.7. The molecule has 21 heavy (non-hydrogen) atoms. The van der Waals surface area contributed by atoms with E-state index in [0.29, 0.717) is 12.5 Å². The molecule has 0 aromatic heterocycles. The maximum absolute atomic E-state index is 11.2. The highest BCUT2D eigenvalue weighted by Gasteiger charge is 2.22. The SMILES string of the molecule is CCCCCCNC(=NC)NCC(C)(C)NS(C)(=O)=O.I. The Morgan fingerprint density at radius 3 is 2.24 bits per heavy atom. The molecule has 0 aliphatic rings. The lowest BCUT2D eigenvalue weighted by molar-refractivity contribution is 0.446. The van der Waals surface area contributed by atoms with Crippen LogP contribution in [0.2, 0.25) is 0 Å². The third-order valence-electron chi connectivity index (χ3n) is 2.71. The maximum atomic E-state index is 11.2. The number of sulfonamides is 1. The van der Waals surface area contributed by atoms with E-state index in [1.54, 1.807) is 7.05 Å². The molecule has 0 atom stereocenters. The average Bonchev–Trinajstić information content (AvgIpc) is 2.29. The molecule has 128 valence electrons. The van der Waals surface area contributed by atoms with Gasteiger partial charge in [0.15, 0.2) is 5.96 Å². The second-order valence-electron chi connectivity index (χ2n) is 5.67. The lowest BCUT2D eigenvalue weighted by atomic mass is 10.1. The second-order valence-corrected chi connectivity index (χ2v) is 7.42. The van der Waals surface area contributed by atoms with Gasteiger partial charge >= 0.3 is 0 Å². The summed E-state index contributed by atoms with van der Waals surface area (Å²) in [5.74, 6) is 0.699. The van der Waals surface area contributed by atoms with Gasteiger partial charge in [-0.3, -0.25) is 4.99 Å². The van der Waals surface area contributed by atoms with Crippen molar-refractivity contribution in [1.29, 1.82) is 0 Å². The van der Waals surface area contributed by atoms with Gasteiger partial charge in [-0.05, 0) is 20.3 Å².